The van der Waals surface area contributed by atoms with Gasteiger partial charge >= 0.3 is 0 Å². The van der Waals surface area contributed by atoms with Crippen molar-refractivity contribution in [3.8, 4) is 17.4 Å². The van der Waals surface area contributed by atoms with Gasteiger partial charge in [-0.25, -0.2) is 4.98 Å². The molecule has 0 saturated heterocycles. The Morgan fingerprint density at radius 2 is 1.60 bits per heavy atom. The first kappa shape index (κ1) is 14.1. The van der Waals surface area contributed by atoms with E-state index in [1.807, 2.05) is 0 Å². The molecule has 1 aromatic heterocycles. The molecule has 0 aliphatic carbocycles. The summed E-state index contributed by atoms with van der Waals surface area (Å²) in [5, 5.41) is 10.4. The first-order chi connectivity index (χ1) is 9.67. The third-order valence-electron chi connectivity index (χ3n) is 2.92. The molecule has 1 unspecified atom stereocenters. The lowest BCUT2D eigenvalue weighted by atomic mass is 10.1. The minimum atomic E-state index is -0.880. The van der Waals surface area contributed by atoms with Gasteiger partial charge in [0.15, 0.2) is 0 Å². The van der Waals surface area contributed by atoms with Gasteiger partial charge in [0.1, 0.15) is 17.6 Å². The fraction of sp³-hybridized carbons (Fsp3) is 0.267. The number of rotatable bonds is 5. The molecule has 5 heteroatoms. The summed E-state index contributed by atoms with van der Waals surface area (Å²) in [7, 11) is 4.66. The molecular weight excluding hydrogens is 258 g/mol. The fourth-order valence-electron chi connectivity index (χ4n) is 1.85. The van der Waals surface area contributed by atoms with Gasteiger partial charge in [-0.1, -0.05) is 6.07 Å². The second kappa shape index (κ2) is 6.25. The normalized spacial score (nSPS) is 11.8. The van der Waals surface area contributed by atoms with E-state index in [4.69, 9.17) is 14.2 Å². The molecule has 2 rings (SSSR count). The standard InChI is InChI=1S/C15H17NO4/c1-18-11-7-10(8-12(9-11)19-2)15(17)13-5-4-6-14(16-13)20-3/h4-9,15,17H,1-3H3. The van der Waals surface area contributed by atoms with Crippen molar-refractivity contribution in [2.24, 2.45) is 0 Å². The lowest BCUT2D eigenvalue weighted by Crippen LogP contribution is -2.04. The molecule has 0 bridgehead atoms. The van der Waals surface area contributed by atoms with Gasteiger partial charge < -0.3 is 19.3 Å². The van der Waals surface area contributed by atoms with Gasteiger partial charge in [0.05, 0.1) is 27.0 Å². The van der Waals surface area contributed by atoms with Crippen molar-refractivity contribution in [1.29, 1.82) is 0 Å². The van der Waals surface area contributed by atoms with Crippen LogP contribution in [-0.2, 0) is 0 Å². The number of benzene rings is 1. The number of pyridine rings is 1. The van der Waals surface area contributed by atoms with E-state index in [2.05, 4.69) is 4.98 Å². The Bertz CT molecular complexity index is 564. The molecular formula is C15H17NO4. The van der Waals surface area contributed by atoms with E-state index < -0.39 is 6.10 Å². The van der Waals surface area contributed by atoms with Crippen molar-refractivity contribution in [2.45, 2.75) is 6.10 Å². The molecule has 106 valence electrons. The van der Waals surface area contributed by atoms with E-state index in [0.29, 0.717) is 28.6 Å². The average molecular weight is 275 g/mol. The maximum Gasteiger partial charge on any atom is 0.213 e. The summed E-state index contributed by atoms with van der Waals surface area (Å²) in [4.78, 5) is 4.22. The van der Waals surface area contributed by atoms with Gasteiger partial charge in [-0.05, 0) is 23.8 Å². The maximum atomic E-state index is 10.4. The van der Waals surface area contributed by atoms with Gasteiger partial charge in [0.2, 0.25) is 5.88 Å². The van der Waals surface area contributed by atoms with Crippen LogP contribution >= 0.6 is 0 Å². The highest BCUT2D eigenvalue weighted by molar-refractivity contribution is 5.41. The topological polar surface area (TPSA) is 60.8 Å². The van der Waals surface area contributed by atoms with E-state index in [1.165, 1.54) is 7.11 Å². The summed E-state index contributed by atoms with van der Waals surface area (Å²) in [5.41, 5.74) is 1.14. The minimum absolute atomic E-state index is 0.455. The molecule has 5 nitrogen and oxygen atoms in total. The lowest BCUT2D eigenvalue weighted by Gasteiger charge is -2.14. The van der Waals surface area contributed by atoms with Crippen LogP contribution in [0, 0.1) is 0 Å². The Balaban J connectivity index is 2.38. The zero-order chi connectivity index (χ0) is 14.5. The number of methoxy groups -OCH3 is 3. The molecule has 0 fully saturated rings. The van der Waals surface area contributed by atoms with Crippen LogP contribution in [0.25, 0.3) is 0 Å². The molecule has 0 radical (unpaired) electrons. The molecule has 1 N–H and O–H groups in total. The van der Waals surface area contributed by atoms with Crippen LogP contribution in [0.5, 0.6) is 17.4 Å². The van der Waals surface area contributed by atoms with Crippen LogP contribution in [0.2, 0.25) is 0 Å². The number of nitrogens with zero attached hydrogens (tertiary/aromatic N) is 1. The Morgan fingerprint density at radius 1 is 0.950 bits per heavy atom. The van der Waals surface area contributed by atoms with E-state index >= 15 is 0 Å². The predicted octanol–water partition coefficient (Wildman–Crippen LogP) is 2.19. The third-order valence-corrected chi connectivity index (χ3v) is 2.92. The number of hydrogen-bond acceptors (Lipinski definition) is 5. The van der Waals surface area contributed by atoms with Crippen molar-refractivity contribution in [3.63, 3.8) is 0 Å². The molecule has 1 aromatic carbocycles. The van der Waals surface area contributed by atoms with Crippen LogP contribution in [-0.4, -0.2) is 31.4 Å². The highest BCUT2D eigenvalue weighted by Crippen LogP contribution is 2.29. The van der Waals surface area contributed by atoms with Crippen molar-refractivity contribution in [3.05, 3.63) is 47.7 Å². The highest BCUT2D eigenvalue weighted by atomic mass is 16.5. The fourth-order valence-corrected chi connectivity index (χ4v) is 1.85. The zero-order valence-corrected chi connectivity index (χ0v) is 11.7. The van der Waals surface area contributed by atoms with Crippen LogP contribution in [0.4, 0.5) is 0 Å². The SMILES string of the molecule is COc1cc(OC)cc(C(O)c2cccc(OC)n2)c1. The highest BCUT2D eigenvalue weighted by Gasteiger charge is 2.15. The van der Waals surface area contributed by atoms with Crippen molar-refractivity contribution >= 4 is 0 Å². The summed E-state index contributed by atoms with van der Waals surface area (Å²) < 4.78 is 15.4. The predicted molar refractivity (Wildman–Crippen MR) is 74.4 cm³/mol. The second-order valence-electron chi connectivity index (χ2n) is 4.15. The minimum Gasteiger partial charge on any atom is -0.497 e. The van der Waals surface area contributed by atoms with E-state index in [1.54, 1.807) is 50.6 Å². The molecule has 0 amide bonds. The first-order valence-electron chi connectivity index (χ1n) is 6.10. The largest absolute Gasteiger partial charge is 0.497 e. The average Bonchev–Trinajstić information content (AvgIpc) is 2.53. The van der Waals surface area contributed by atoms with Crippen LogP contribution in [0.1, 0.15) is 17.4 Å². The van der Waals surface area contributed by atoms with Gasteiger partial charge in [0, 0.05) is 12.1 Å². The summed E-state index contributed by atoms with van der Waals surface area (Å²) in [6, 6.07) is 10.5. The van der Waals surface area contributed by atoms with Crippen LogP contribution in [0.3, 0.4) is 0 Å². The monoisotopic (exact) mass is 275 g/mol. The molecule has 1 heterocycles. The van der Waals surface area contributed by atoms with Crippen LogP contribution < -0.4 is 14.2 Å². The first-order valence-corrected chi connectivity index (χ1v) is 6.10. The zero-order valence-electron chi connectivity index (χ0n) is 11.7. The van der Waals surface area contributed by atoms with E-state index in [0.717, 1.165) is 0 Å². The quantitative estimate of drug-likeness (QED) is 0.906. The Hall–Kier alpha value is -2.27. The van der Waals surface area contributed by atoms with Crippen molar-refractivity contribution in [2.75, 3.05) is 21.3 Å². The number of hydrogen-bond donors (Lipinski definition) is 1. The molecule has 1 atom stereocenters. The van der Waals surface area contributed by atoms with Gasteiger partial charge in [0.25, 0.3) is 0 Å². The van der Waals surface area contributed by atoms with Gasteiger partial charge in [-0.3, -0.25) is 0 Å². The molecule has 0 aliphatic heterocycles. The van der Waals surface area contributed by atoms with Gasteiger partial charge in [-0.2, -0.15) is 0 Å². The summed E-state index contributed by atoms with van der Waals surface area (Å²) in [6.45, 7) is 0. The number of aromatic nitrogens is 1. The van der Waals surface area contributed by atoms with E-state index in [9.17, 15) is 5.11 Å². The smallest absolute Gasteiger partial charge is 0.213 e. The number of aliphatic hydroxyl groups excluding tert-OH is 1. The maximum absolute atomic E-state index is 10.4. The third kappa shape index (κ3) is 3.00. The lowest BCUT2D eigenvalue weighted by molar-refractivity contribution is 0.212. The molecule has 0 spiro atoms. The number of aliphatic hydroxyl groups is 1. The van der Waals surface area contributed by atoms with Crippen molar-refractivity contribution < 1.29 is 19.3 Å². The Morgan fingerprint density at radius 3 is 2.15 bits per heavy atom. The van der Waals surface area contributed by atoms with Crippen LogP contribution in [0.15, 0.2) is 36.4 Å². The Kier molecular flexibility index (Phi) is 4.42. The second-order valence-corrected chi connectivity index (χ2v) is 4.15. The summed E-state index contributed by atoms with van der Waals surface area (Å²) in [5.74, 6) is 1.68. The van der Waals surface area contributed by atoms with Gasteiger partial charge in [-0.15, -0.1) is 0 Å². The number of ether oxygens (including phenoxy) is 3. The molecule has 0 saturated carbocycles. The molecule has 20 heavy (non-hydrogen) atoms. The summed E-state index contributed by atoms with van der Waals surface area (Å²) in [6.07, 6.45) is -0.880. The summed E-state index contributed by atoms with van der Waals surface area (Å²) >= 11 is 0. The molecule has 2 aromatic rings. The van der Waals surface area contributed by atoms with E-state index in [-0.39, 0.29) is 0 Å². The Labute approximate surface area is 117 Å². The van der Waals surface area contributed by atoms with Crippen molar-refractivity contribution in [1.82, 2.24) is 4.98 Å². The molecule has 0 aliphatic rings.